The van der Waals surface area contributed by atoms with Crippen molar-refractivity contribution in [3.63, 3.8) is 0 Å². The first-order valence-electron chi connectivity index (χ1n) is 6.46. The van der Waals surface area contributed by atoms with Gasteiger partial charge in [-0.3, -0.25) is 14.5 Å². The Hall–Kier alpha value is -2.61. The summed E-state index contributed by atoms with van der Waals surface area (Å²) in [6, 6.07) is 8.93. The molecular formula is C14H18N2O6. The molecule has 0 bridgehead atoms. The Labute approximate surface area is 127 Å². The number of nitrogens with one attached hydrogen (secondary N) is 1. The molecule has 2 N–H and O–H groups in total. The highest BCUT2D eigenvalue weighted by Gasteiger charge is 2.21. The summed E-state index contributed by atoms with van der Waals surface area (Å²) in [5, 5.41) is 11.2. The number of methoxy groups -OCH3 is 1. The molecule has 1 aromatic carbocycles. The van der Waals surface area contributed by atoms with Gasteiger partial charge in [0.05, 0.1) is 0 Å². The number of nitrogens with zero attached hydrogens (tertiary/aromatic N) is 1. The van der Waals surface area contributed by atoms with Crippen LogP contribution in [0, 0.1) is 0 Å². The van der Waals surface area contributed by atoms with Crippen LogP contribution in [0.5, 0.6) is 0 Å². The van der Waals surface area contributed by atoms with Crippen LogP contribution in [-0.4, -0.2) is 54.9 Å². The first-order valence-corrected chi connectivity index (χ1v) is 6.46. The summed E-state index contributed by atoms with van der Waals surface area (Å²) < 4.78 is 9.67. The second kappa shape index (κ2) is 9.35. The molecule has 0 aliphatic rings. The lowest BCUT2D eigenvalue weighted by Crippen LogP contribution is -2.43. The van der Waals surface area contributed by atoms with Gasteiger partial charge in [0, 0.05) is 7.11 Å². The standard InChI is InChI=1S/C14H18N2O6/c1-21-10-15-12(17)7-16(8-13(18)19)14(20)22-9-11-5-3-2-4-6-11/h2-6H,7-10H2,1H3,(H,15,17)(H,18,19). The van der Waals surface area contributed by atoms with Crippen molar-refractivity contribution < 1.29 is 29.0 Å². The lowest BCUT2D eigenvalue weighted by atomic mass is 10.2. The van der Waals surface area contributed by atoms with Gasteiger partial charge in [0.15, 0.2) is 0 Å². The van der Waals surface area contributed by atoms with Gasteiger partial charge in [-0.25, -0.2) is 4.79 Å². The number of carboxylic acid groups (broad SMARTS) is 1. The van der Waals surface area contributed by atoms with E-state index in [1.54, 1.807) is 24.3 Å². The van der Waals surface area contributed by atoms with Crippen molar-refractivity contribution in [1.82, 2.24) is 10.2 Å². The number of aliphatic carboxylic acids is 1. The summed E-state index contributed by atoms with van der Waals surface area (Å²) in [6.45, 7) is -1.09. The first-order chi connectivity index (χ1) is 10.5. The van der Waals surface area contributed by atoms with Crippen LogP contribution in [0.4, 0.5) is 4.79 Å². The number of carboxylic acids is 1. The first kappa shape index (κ1) is 17.4. The zero-order valence-corrected chi connectivity index (χ0v) is 12.2. The SMILES string of the molecule is COCNC(=O)CN(CC(=O)O)C(=O)OCc1ccccc1. The molecule has 8 heteroatoms. The van der Waals surface area contributed by atoms with Crippen molar-refractivity contribution in [2.24, 2.45) is 0 Å². The Kier molecular flexibility index (Phi) is 7.41. The lowest BCUT2D eigenvalue weighted by Gasteiger charge is -2.19. The monoisotopic (exact) mass is 310 g/mol. The van der Waals surface area contributed by atoms with Crippen molar-refractivity contribution in [3.05, 3.63) is 35.9 Å². The molecule has 120 valence electrons. The lowest BCUT2D eigenvalue weighted by molar-refractivity contribution is -0.138. The smallest absolute Gasteiger partial charge is 0.411 e. The fourth-order valence-electron chi connectivity index (χ4n) is 1.54. The van der Waals surface area contributed by atoms with Gasteiger partial charge in [-0.1, -0.05) is 30.3 Å². The molecule has 0 unspecified atom stereocenters. The second-order valence-electron chi connectivity index (χ2n) is 4.32. The minimum Gasteiger partial charge on any atom is -0.480 e. The fourth-order valence-corrected chi connectivity index (χ4v) is 1.54. The number of benzene rings is 1. The molecule has 0 aromatic heterocycles. The van der Waals surface area contributed by atoms with Crippen molar-refractivity contribution in [3.8, 4) is 0 Å². The van der Waals surface area contributed by atoms with E-state index < -0.39 is 31.1 Å². The number of carbonyl (C=O) groups excluding carboxylic acids is 2. The molecule has 0 atom stereocenters. The largest absolute Gasteiger partial charge is 0.480 e. The topological polar surface area (TPSA) is 105 Å². The maximum absolute atomic E-state index is 11.9. The molecule has 1 aromatic rings. The van der Waals surface area contributed by atoms with Gasteiger partial charge in [0.1, 0.15) is 26.4 Å². The van der Waals surface area contributed by atoms with Gasteiger partial charge >= 0.3 is 12.1 Å². The van der Waals surface area contributed by atoms with Crippen LogP contribution in [0.1, 0.15) is 5.56 Å². The van der Waals surface area contributed by atoms with Crippen molar-refractivity contribution >= 4 is 18.0 Å². The number of amides is 2. The molecule has 22 heavy (non-hydrogen) atoms. The summed E-state index contributed by atoms with van der Waals surface area (Å²) in [4.78, 5) is 35.0. The van der Waals surface area contributed by atoms with Gasteiger partial charge in [0.25, 0.3) is 0 Å². The fraction of sp³-hybridized carbons (Fsp3) is 0.357. The molecule has 0 spiro atoms. The van der Waals surface area contributed by atoms with Crippen LogP contribution in [0.2, 0.25) is 0 Å². The summed E-state index contributed by atoms with van der Waals surface area (Å²) >= 11 is 0. The number of hydrogen-bond donors (Lipinski definition) is 2. The van der Waals surface area contributed by atoms with Gasteiger partial charge in [-0.15, -0.1) is 0 Å². The van der Waals surface area contributed by atoms with E-state index in [-0.39, 0.29) is 13.3 Å². The number of hydrogen-bond acceptors (Lipinski definition) is 5. The van der Waals surface area contributed by atoms with Crippen LogP contribution in [0.3, 0.4) is 0 Å². The minimum atomic E-state index is -1.24. The highest BCUT2D eigenvalue weighted by molar-refractivity contribution is 5.84. The van der Waals surface area contributed by atoms with Gasteiger partial charge in [-0.2, -0.15) is 0 Å². The molecule has 0 radical (unpaired) electrons. The molecule has 0 saturated carbocycles. The number of ether oxygens (including phenoxy) is 2. The molecular weight excluding hydrogens is 292 g/mol. The number of rotatable bonds is 8. The van der Waals surface area contributed by atoms with Crippen molar-refractivity contribution in [2.45, 2.75) is 6.61 Å². The Morgan fingerprint density at radius 1 is 1.18 bits per heavy atom. The Morgan fingerprint density at radius 2 is 1.86 bits per heavy atom. The summed E-state index contributed by atoms with van der Waals surface area (Å²) in [7, 11) is 1.39. The van der Waals surface area contributed by atoms with Crippen LogP contribution in [0.25, 0.3) is 0 Å². The molecule has 1 rings (SSSR count). The molecule has 0 heterocycles. The quantitative estimate of drug-likeness (QED) is 0.675. The molecule has 0 aliphatic heterocycles. The Bertz CT molecular complexity index is 505. The molecule has 8 nitrogen and oxygen atoms in total. The maximum atomic E-state index is 11.9. The van der Waals surface area contributed by atoms with E-state index in [1.165, 1.54) is 7.11 Å². The second-order valence-corrected chi connectivity index (χ2v) is 4.32. The van der Waals surface area contributed by atoms with E-state index in [2.05, 4.69) is 10.1 Å². The predicted octanol–water partition coefficient (Wildman–Crippen LogP) is 0.430. The molecule has 0 aliphatic carbocycles. The van der Waals surface area contributed by atoms with E-state index >= 15 is 0 Å². The Morgan fingerprint density at radius 3 is 2.45 bits per heavy atom. The zero-order chi connectivity index (χ0) is 16.4. The zero-order valence-electron chi connectivity index (χ0n) is 12.2. The third kappa shape index (κ3) is 6.71. The third-order valence-corrected chi connectivity index (χ3v) is 2.54. The predicted molar refractivity (Wildman–Crippen MR) is 75.9 cm³/mol. The van der Waals surface area contributed by atoms with E-state index in [1.807, 2.05) is 6.07 Å². The van der Waals surface area contributed by atoms with Crippen molar-refractivity contribution in [2.75, 3.05) is 26.9 Å². The van der Waals surface area contributed by atoms with Crippen LogP contribution in [-0.2, 0) is 25.7 Å². The van der Waals surface area contributed by atoms with Crippen LogP contribution in [0.15, 0.2) is 30.3 Å². The van der Waals surface area contributed by atoms with E-state index in [4.69, 9.17) is 9.84 Å². The van der Waals surface area contributed by atoms with E-state index in [0.29, 0.717) is 0 Å². The van der Waals surface area contributed by atoms with Gasteiger partial charge < -0.3 is 19.9 Å². The van der Waals surface area contributed by atoms with Crippen LogP contribution >= 0.6 is 0 Å². The molecule has 0 saturated heterocycles. The van der Waals surface area contributed by atoms with E-state index in [0.717, 1.165) is 10.5 Å². The van der Waals surface area contributed by atoms with Crippen LogP contribution < -0.4 is 5.32 Å². The summed E-state index contributed by atoms with van der Waals surface area (Å²) in [5.41, 5.74) is 0.759. The summed E-state index contributed by atoms with van der Waals surface area (Å²) in [5.74, 6) is -1.78. The normalized spacial score (nSPS) is 9.86. The Balaban J connectivity index is 2.56. The van der Waals surface area contributed by atoms with Gasteiger partial charge in [-0.05, 0) is 5.56 Å². The molecule has 0 fully saturated rings. The van der Waals surface area contributed by atoms with Crippen molar-refractivity contribution in [1.29, 1.82) is 0 Å². The third-order valence-electron chi connectivity index (χ3n) is 2.54. The van der Waals surface area contributed by atoms with E-state index in [9.17, 15) is 14.4 Å². The highest BCUT2D eigenvalue weighted by Crippen LogP contribution is 2.03. The number of carbonyl (C=O) groups is 3. The maximum Gasteiger partial charge on any atom is 0.411 e. The average molecular weight is 310 g/mol. The minimum absolute atomic E-state index is 0.00448. The van der Waals surface area contributed by atoms with Gasteiger partial charge in [0.2, 0.25) is 5.91 Å². The average Bonchev–Trinajstić information content (AvgIpc) is 2.50. The highest BCUT2D eigenvalue weighted by atomic mass is 16.6. The molecule has 2 amide bonds. The summed E-state index contributed by atoms with van der Waals surface area (Å²) in [6.07, 6.45) is -0.876.